The molecule has 2 rings (SSSR count). The Bertz CT molecular complexity index is 360. The Morgan fingerprint density at radius 1 is 1.33 bits per heavy atom. The SMILES string of the molecule is Cc1cnc2c(c1)CC(C(C)(C)C)CC2. The van der Waals surface area contributed by atoms with Gasteiger partial charge < -0.3 is 0 Å². The molecule has 1 aromatic heterocycles. The van der Waals surface area contributed by atoms with E-state index in [1.807, 2.05) is 6.20 Å². The minimum absolute atomic E-state index is 0.432. The Kier molecular flexibility index (Phi) is 2.57. The highest BCUT2D eigenvalue weighted by Gasteiger charge is 2.28. The lowest BCUT2D eigenvalue weighted by atomic mass is 9.71. The minimum atomic E-state index is 0.432. The van der Waals surface area contributed by atoms with Gasteiger partial charge in [-0.25, -0.2) is 0 Å². The Morgan fingerprint density at radius 3 is 2.73 bits per heavy atom. The summed E-state index contributed by atoms with van der Waals surface area (Å²) in [6.07, 6.45) is 5.67. The first-order valence-corrected chi connectivity index (χ1v) is 5.91. The average Bonchev–Trinajstić information content (AvgIpc) is 2.15. The van der Waals surface area contributed by atoms with Crippen LogP contribution in [0.4, 0.5) is 0 Å². The molecule has 0 aromatic carbocycles. The van der Waals surface area contributed by atoms with E-state index < -0.39 is 0 Å². The molecule has 0 saturated carbocycles. The number of aromatic nitrogens is 1. The molecule has 1 unspecified atom stereocenters. The summed E-state index contributed by atoms with van der Waals surface area (Å²) in [6.45, 7) is 9.19. The normalized spacial score (nSPS) is 21.2. The molecule has 1 aliphatic carbocycles. The van der Waals surface area contributed by atoms with E-state index in [9.17, 15) is 0 Å². The van der Waals surface area contributed by atoms with Gasteiger partial charge in [0.2, 0.25) is 0 Å². The third kappa shape index (κ3) is 2.22. The van der Waals surface area contributed by atoms with Crippen molar-refractivity contribution in [3.63, 3.8) is 0 Å². The monoisotopic (exact) mass is 203 g/mol. The van der Waals surface area contributed by atoms with Gasteiger partial charge in [0.25, 0.3) is 0 Å². The van der Waals surface area contributed by atoms with Gasteiger partial charge in [-0.2, -0.15) is 0 Å². The summed E-state index contributed by atoms with van der Waals surface area (Å²) in [5, 5.41) is 0. The summed E-state index contributed by atoms with van der Waals surface area (Å²) < 4.78 is 0. The molecule has 0 aliphatic heterocycles. The lowest BCUT2D eigenvalue weighted by molar-refractivity contribution is 0.215. The smallest absolute Gasteiger partial charge is 0.0435 e. The minimum Gasteiger partial charge on any atom is -0.261 e. The van der Waals surface area contributed by atoms with Crippen molar-refractivity contribution in [3.8, 4) is 0 Å². The van der Waals surface area contributed by atoms with Crippen molar-refractivity contribution in [3.05, 3.63) is 29.1 Å². The van der Waals surface area contributed by atoms with E-state index in [0.29, 0.717) is 5.41 Å². The number of rotatable bonds is 0. The molecule has 0 spiro atoms. The molecule has 0 N–H and O–H groups in total. The van der Waals surface area contributed by atoms with Gasteiger partial charge in [0.05, 0.1) is 0 Å². The van der Waals surface area contributed by atoms with Crippen molar-refractivity contribution >= 4 is 0 Å². The average molecular weight is 203 g/mol. The Balaban J connectivity index is 2.26. The van der Waals surface area contributed by atoms with E-state index in [-0.39, 0.29) is 0 Å². The maximum atomic E-state index is 4.54. The van der Waals surface area contributed by atoms with Crippen LogP contribution < -0.4 is 0 Å². The Hall–Kier alpha value is -0.850. The van der Waals surface area contributed by atoms with Gasteiger partial charge in [0.15, 0.2) is 0 Å². The predicted molar refractivity (Wildman–Crippen MR) is 63.9 cm³/mol. The van der Waals surface area contributed by atoms with Crippen molar-refractivity contribution in [2.24, 2.45) is 11.3 Å². The zero-order valence-corrected chi connectivity index (χ0v) is 10.3. The van der Waals surface area contributed by atoms with E-state index in [4.69, 9.17) is 0 Å². The largest absolute Gasteiger partial charge is 0.261 e. The van der Waals surface area contributed by atoms with Crippen LogP contribution in [0.2, 0.25) is 0 Å². The van der Waals surface area contributed by atoms with Crippen LogP contribution in [0.1, 0.15) is 44.0 Å². The standard InChI is InChI=1S/C14H21N/c1-10-7-11-8-12(14(2,3)4)5-6-13(11)15-9-10/h7,9,12H,5-6,8H2,1-4H3. The molecule has 0 fully saturated rings. The number of aryl methyl sites for hydroxylation is 2. The van der Waals surface area contributed by atoms with Gasteiger partial charge in [-0.3, -0.25) is 4.98 Å². The molecule has 0 bridgehead atoms. The predicted octanol–water partition coefficient (Wildman–Crippen LogP) is 3.54. The lowest BCUT2D eigenvalue weighted by Gasteiger charge is -2.34. The van der Waals surface area contributed by atoms with Crippen LogP contribution in [0.5, 0.6) is 0 Å². The van der Waals surface area contributed by atoms with Crippen molar-refractivity contribution in [2.75, 3.05) is 0 Å². The van der Waals surface area contributed by atoms with Crippen LogP contribution in [-0.2, 0) is 12.8 Å². The molecular weight excluding hydrogens is 182 g/mol. The summed E-state index contributed by atoms with van der Waals surface area (Å²) in [7, 11) is 0. The fraction of sp³-hybridized carbons (Fsp3) is 0.643. The van der Waals surface area contributed by atoms with Crippen molar-refractivity contribution in [2.45, 2.75) is 47.0 Å². The second-order valence-electron chi connectivity index (χ2n) is 5.92. The number of hydrogen-bond acceptors (Lipinski definition) is 1. The zero-order chi connectivity index (χ0) is 11.1. The Morgan fingerprint density at radius 2 is 2.07 bits per heavy atom. The number of hydrogen-bond donors (Lipinski definition) is 0. The molecule has 1 aromatic rings. The third-order valence-corrected chi connectivity index (χ3v) is 3.62. The highest BCUT2D eigenvalue weighted by Crippen LogP contribution is 2.36. The summed E-state index contributed by atoms with van der Waals surface area (Å²) in [5.41, 5.74) is 4.55. The first-order valence-electron chi connectivity index (χ1n) is 5.91. The highest BCUT2D eigenvalue weighted by atomic mass is 14.7. The quantitative estimate of drug-likeness (QED) is 0.628. The maximum absolute atomic E-state index is 4.54. The number of pyridine rings is 1. The second-order valence-corrected chi connectivity index (χ2v) is 5.92. The maximum Gasteiger partial charge on any atom is 0.0435 e. The molecule has 82 valence electrons. The molecule has 1 heteroatoms. The van der Waals surface area contributed by atoms with Crippen molar-refractivity contribution in [1.29, 1.82) is 0 Å². The Labute approximate surface area is 92.9 Å². The first-order chi connectivity index (χ1) is 6.97. The summed E-state index contributed by atoms with van der Waals surface area (Å²) >= 11 is 0. The van der Waals surface area contributed by atoms with Crippen LogP contribution in [0, 0.1) is 18.3 Å². The number of nitrogens with zero attached hydrogens (tertiary/aromatic N) is 1. The molecule has 0 radical (unpaired) electrons. The van der Waals surface area contributed by atoms with Gasteiger partial charge in [-0.15, -0.1) is 0 Å². The van der Waals surface area contributed by atoms with Gasteiger partial charge in [0, 0.05) is 11.9 Å². The summed E-state index contributed by atoms with van der Waals surface area (Å²) in [6, 6.07) is 2.32. The summed E-state index contributed by atoms with van der Waals surface area (Å²) in [4.78, 5) is 4.54. The van der Waals surface area contributed by atoms with Crippen LogP contribution in [0.3, 0.4) is 0 Å². The van der Waals surface area contributed by atoms with Gasteiger partial charge >= 0.3 is 0 Å². The van der Waals surface area contributed by atoms with Crippen molar-refractivity contribution in [1.82, 2.24) is 4.98 Å². The second kappa shape index (κ2) is 3.62. The lowest BCUT2D eigenvalue weighted by Crippen LogP contribution is -2.27. The molecule has 1 heterocycles. The van der Waals surface area contributed by atoms with E-state index in [0.717, 1.165) is 12.3 Å². The van der Waals surface area contributed by atoms with Gasteiger partial charge in [-0.1, -0.05) is 26.8 Å². The van der Waals surface area contributed by atoms with E-state index >= 15 is 0 Å². The third-order valence-electron chi connectivity index (χ3n) is 3.62. The molecular formula is C14H21N. The van der Waals surface area contributed by atoms with E-state index in [1.165, 1.54) is 29.7 Å². The van der Waals surface area contributed by atoms with E-state index in [2.05, 4.69) is 38.7 Å². The van der Waals surface area contributed by atoms with E-state index in [1.54, 1.807) is 0 Å². The molecule has 15 heavy (non-hydrogen) atoms. The van der Waals surface area contributed by atoms with Gasteiger partial charge in [-0.05, 0) is 48.6 Å². The first kappa shape index (κ1) is 10.7. The van der Waals surface area contributed by atoms with Crippen LogP contribution >= 0.6 is 0 Å². The van der Waals surface area contributed by atoms with Crippen LogP contribution in [0.25, 0.3) is 0 Å². The molecule has 0 amide bonds. The molecule has 1 aliphatic rings. The topological polar surface area (TPSA) is 12.9 Å². The zero-order valence-electron chi connectivity index (χ0n) is 10.3. The summed E-state index contributed by atoms with van der Waals surface area (Å²) in [5.74, 6) is 0.814. The molecule has 0 saturated heterocycles. The van der Waals surface area contributed by atoms with Crippen LogP contribution in [-0.4, -0.2) is 4.98 Å². The van der Waals surface area contributed by atoms with Crippen molar-refractivity contribution < 1.29 is 0 Å². The highest BCUT2D eigenvalue weighted by molar-refractivity contribution is 5.27. The fourth-order valence-electron chi connectivity index (χ4n) is 2.48. The van der Waals surface area contributed by atoms with Crippen LogP contribution in [0.15, 0.2) is 12.3 Å². The number of fused-ring (bicyclic) bond motifs is 1. The molecule has 1 atom stereocenters. The molecule has 1 nitrogen and oxygen atoms in total. The fourth-order valence-corrected chi connectivity index (χ4v) is 2.48. The van der Waals surface area contributed by atoms with Gasteiger partial charge in [0.1, 0.15) is 0 Å².